The third-order valence-corrected chi connectivity index (χ3v) is 2.93. The number of thiazole rings is 1. The highest BCUT2D eigenvalue weighted by Crippen LogP contribution is 2.34. The summed E-state index contributed by atoms with van der Waals surface area (Å²) in [5, 5.41) is 0.147. The van der Waals surface area contributed by atoms with Crippen LogP contribution in [0.1, 0.15) is 34.2 Å². The fourth-order valence-corrected chi connectivity index (χ4v) is 1.85. The maximum atomic E-state index is 12.9. The van der Waals surface area contributed by atoms with Crippen LogP contribution in [0.2, 0.25) is 0 Å². The smallest absolute Gasteiger partial charge is 0.281 e. The van der Waals surface area contributed by atoms with Crippen LogP contribution in [0.15, 0.2) is 0 Å². The molecule has 2 nitrogen and oxygen atoms in total. The molecule has 0 fully saturated rings. The van der Waals surface area contributed by atoms with E-state index in [2.05, 4.69) is 4.98 Å². The SMILES string of the molecule is CC(=O)c1nc(C)c(C(C)(F)F)s1. The fourth-order valence-electron chi connectivity index (χ4n) is 0.954. The maximum Gasteiger partial charge on any atom is 0.281 e. The lowest BCUT2D eigenvalue weighted by Gasteiger charge is -2.06. The predicted octanol–water partition coefficient (Wildman–Crippen LogP) is 2.77. The minimum absolute atomic E-state index is 0.127. The number of hydrogen-bond donors (Lipinski definition) is 0. The first-order valence-corrected chi connectivity index (χ1v) is 4.50. The molecule has 1 aromatic rings. The van der Waals surface area contributed by atoms with Crippen LogP contribution in [0, 0.1) is 6.92 Å². The molecule has 0 amide bonds. The van der Waals surface area contributed by atoms with Crippen LogP contribution in [0.25, 0.3) is 0 Å². The van der Waals surface area contributed by atoms with Gasteiger partial charge >= 0.3 is 0 Å². The first kappa shape index (κ1) is 10.2. The molecule has 0 aliphatic rings. The van der Waals surface area contributed by atoms with Crippen LogP contribution in [-0.4, -0.2) is 10.8 Å². The molecule has 0 radical (unpaired) electrons. The van der Waals surface area contributed by atoms with Crippen LogP contribution in [0.5, 0.6) is 0 Å². The molecule has 0 saturated carbocycles. The quantitative estimate of drug-likeness (QED) is 0.695. The summed E-state index contributed by atoms with van der Waals surface area (Å²) >= 11 is 0.764. The zero-order valence-corrected chi connectivity index (χ0v) is 8.34. The molecule has 0 saturated heterocycles. The van der Waals surface area contributed by atoms with Gasteiger partial charge in [0.2, 0.25) is 0 Å². The van der Waals surface area contributed by atoms with Gasteiger partial charge in [0.15, 0.2) is 10.8 Å². The topological polar surface area (TPSA) is 30.0 Å². The number of carbonyl (C=O) groups excluding carboxylic acids is 1. The number of hydrogen-bond acceptors (Lipinski definition) is 3. The third kappa shape index (κ3) is 2.09. The number of ketones is 1. The Bertz CT molecular complexity index is 340. The number of nitrogens with zero attached hydrogens (tertiary/aromatic N) is 1. The van der Waals surface area contributed by atoms with Gasteiger partial charge in [0.05, 0.1) is 10.6 Å². The van der Waals surface area contributed by atoms with E-state index >= 15 is 0 Å². The first-order chi connectivity index (χ1) is 5.82. The second-order valence-electron chi connectivity index (χ2n) is 2.88. The summed E-state index contributed by atoms with van der Waals surface area (Å²) in [7, 11) is 0. The third-order valence-electron chi connectivity index (χ3n) is 1.50. The lowest BCUT2D eigenvalue weighted by atomic mass is 10.3. The van der Waals surface area contributed by atoms with E-state index in [-0.39, 0.29) is 21.4 Å². The highest BCUT2D eigenvalue weighted by molar-refractivity contribution is 7.13. The van der Waals surface area contributed by atoms with Gasteiger partial charge in [-0.05, 0) is 6.92 Å². The van der Waals surface area contributed by atoms with E-state index in [1.165, 1.54) is 13.8 Å². The standard InChI is InChI=1S/C8H9F2NOS/c1-4-6(8(3,9)10)13-7(11-4)5(2)12/h1-3H3. The molecule has 0 aliphatic carbocycles. The van der Waals surface area contributed by atoms with Gasteiger partial charge in [0.1, 0.15) is 0 Å². The van der Waals surface area contributed by atoms with Crippen LogP contribution in [0.3, 0.4) is 0 Å². The van der Waals surface area contributed by atoms with Gasteiger partial charge in [-0.1, -0.05) is 0 Å². The number of carbonyl (C=O) groups is 1. The van der Waals surface area contributed by atoms with Crippen molar-refractivity contribution in [2.45, 2.75) is 26.7 Å². The molecular formula is C8H9F2NOS. The van der Waals surface area contributed by atoms with E-state index in [1.54, 1.807) is 0 Å². The Morgan fingerprint density at radius 3 is 2.31 bits per heavy atom. The van der Waals surface area contributed by atoms with E-state index in [0.717, 1.165) is 18.3 Å². The van der Waals surface area contributed by atoms with Crippen molar-refractivity contribution in [3.8, 4) is 0 Å². The Kier molecular flexibility index (Phi) is 2.47. The second-order valence-corrected chi connectivity index (χ2v) is 3.88. The van der Waals surface area contributed by atoms with E-state index in [9.17, 15) is 13.6 Å². The van der Waals surface area contributed by atoms with Crippen LogP contribution in [-0.2, 0) is 5.92 Å². The fraction of sp³-hybridized carbons (Fsp3) is 0.500. The number of alkyl halides is 2. The van der Waals surface area contributed by atoms with Crippen molar-refractivity contribution in [1.82, 2.24) is 4.98 Å². The van der Waals surface area contributed by atoms with Crippen LogP contribution in [0.4, 0.5) is 8.78 Å². The number of aromatic nitrogens is 1. The van der Waals surface area contributed by atoms with E-state index in [1.807, 2.05) is 0 Å². The number of halogens is 2. The molecule has 1 heterocycles. The summed E-state index contributed by atoms with van der Waals surface area (Å²) < 4.78 is 25.7. The number of Topliss-reactive ketones (excluding diaryl/α,β-unsaturated/α-hetero) is 1. The van der Waals surface area contributed by atoms with Crippen molar-refractivity contribution in [3.63, 3.8) is 0 Å². The van der Waals surface area contributed by atoms with Crippen molar-refractivity contribution in [2.75, 3.05) is 0 Å². The Morgan fingerprint density at radius 2 is 2.08 bits per heavy atom. The van der Waals surface area contributed by atoms with E-state index in [0.29, 0.717) is 0 Å². The van der Waals surface area contributed by atoms with Crippen LogP contribution >= 0.6 is 11.3 Å². The van der Waals surface area contributed by atoms with Crippen molar-refractivity contribution in [1.29, 1.82) is 0 Å². The van der Waals surface area contributed by atoms with Crippen molar-refractivity contribution >= 4 is 17.1 Å². The van der Waals surface area contributed by atoms with Crippen molar-refractivity contribution < 1.29 is 13.6 Å². The molecule has 1 rings (SSSR count). The van der Waals surface area contributed by atoms with Crippen LogP contribution < -0.4 is 0 Å². The van der Waals surface area contributed by atoms with Gasteiger partial charge < -0.3 is 0 Å². The lowest BCUT2D eigenvalue weighted by Crippen LogP contribution is -2.05. The summed E-state index contributed by atoms with van der Waals surface area (Å²) in [5.74, 6) is -3.18. The van der Waals surface area contributed by atoms with Crippen molar-refractivity contribution in [3.05, 3.63) is 15.6 Å². The normalized spacial score (nSPS) is 11.8. The minimum Gasteiger partial charge on any atom is -0.292 e. The molecule has 0 N–H and O–H groups in total. The summed E-state index contributed by atoms with van der Waals surface area (Å²) in [6, 6.07) is 0. The highest BCUT2D eigenvalue weighted by Gasteiger charge is 2.30. The molecule has 72 valence electrons. The highest BCUT2D eigenvalue weighted by atomic mass is 32.1. The van der Waals surface area contributed by atoms with Gasteiger partial charge in [-0.15, -0.1) is 11.3 Å². The van der Waals surface area contributed by atoms with Gasteiger partial charge in [-0.3, -0.25) is 4.79 Å². The molecule has 0 aromatic carbocycles. The lowest BCUT2D eigenvalue weighted by molar-refractivity contribution is 0.0206. The summed E-state index contributed by atoms with van der Waals surface area (Å²) in [6.45, 7) is 3.60. The molecular weight excluding hydrogens is 196 g/mol. The molecule has 5 heteroatoms. The van der Waals surface area contributed by atoms with Crippen molar-refractivity contribution in [2.24, 2.45) is 0 Å². The molecule has 0 bridgehead atoms. The van der Waals surface area contributed by atoms with E-state index < -0.39 is 5.92 Å². The average molecular weight is 205 g/mol. The molecule has 0 aliphatic heterocycles. The first-order valence-electron chi connectivity index (χ1n) is 3.69. The Balaban J connectivity index is 3.18. The maximum absolute atomic E-state index is 12.9. The Morgan fingerprint density at radius 1 is 1.54 bits per heavy atom. The Labute approximate surface area is 78.6 Å². The molecule has 13 heavy (non-hydrogen) atoms. The van der Waals surface area contributed by atoms with E-state index in [4.69, 9.17) is 0 Å². The second kappa shape index (κ2) is 3.14. The molecule has 0 spiro atoms. The Hall–Kier alpha value is -0.840. The molecule has 1 aromatic heterocycles. The predicted molar refractivity (Wildman–Crippen MR) is 46.4 cm³/mol. The average Bonchev–Trinajstić information content (AvgIpc) is 2.29. The molecule has 0 atom stereocenters. The number of aryl methyl sites for hydroxylation is 1. The zero-order valence-electron chi connectivity index (χ0n) is 7.52. The largest absolute Gasteiger partial charge is 0.292 e. The summed E-state index contributed by atoms with van der Waals surface area (Å²) in [6.07, 6.45) is 0. The summed E-state index contributed by atoms with van der Waals surface area (Å²) in [4.78, 5) is 14.5. The number of rotatable bonds is 2. The van der Waals surface area contributed by atoms with Gasteiger partial charge in [0.25, 0.3) is 5.92 Å². The zero-order chi connectivity index (χ0) is 10.2. The van der Waals surface area contributed by atoms with Gasteiger partial charge in [-0.2, -0.15) is 0 Å². The van der Waals surface area contributed by atoms with Gasteiger partial charge in [0, 0.05) is 13.8 Å². The minimum atomic E-state index is -2.91. The molecule has 0 unspecified atom stereocenters. The van der Waals surface area contributed by atoms with Gasteiger partial charge in [-0.25, -0.2) is 13.8 Å². The monoisotopic (exact) mass is 205 g/mol. The summed E-state index contributed by atoms with van der Waals surface area (Å²) in [5.41, 5.74) is 0.239.